The van der Waals surface area contributed by atoms with Crippen LogP contribution in [0.4, 0.5) is 0 Å². The van der Waals surface area contributed by atoms with Gasteiger partial charge in [0.15, 0.2) is 0 Å². The lowest BCUT2D eigenvalue weighted by Gasteiger charge is -2.61. The largest absolute Gasteiger partial charge is 0.393 e. The molecule has 178 valence electrons. The molecule has 31 heavy (non-hydrogen) atoms. The third kappa shape index (κ3) is 3.68. The second-order valence-electron chi connectivity index (χ2n) is 13.5. The molecule has 1 heteroatoms. The smallest absolute Gasteiger partial charge is 0.0543 e. The first-order valence-corrected chi connectivity index (χ1v) is 14.0. The summed E-state index contributed by atoms with van der Waals surface area (Å²) >= 11 is 0. The maximum atomic E-state index is 10.3. The van der Waals surface area contributed by atoms with Gasteiger partial charge in [0.1, 0.15) is 0 Å². The van der Waals surface area contributed by atoms with Crippen LogP contribution in [0.25, 0.3) is 0 Å². The van der Waals surface area contributed by atoms with Crippen molar-refractivity contribution in [3.63, 3.8) is 0 Å². The van der Waals surface area contributed by atoms with Gasteiger partial charge in [0.25, 0.3) is 0 Å². The minimum Gasteiger partial charge on any atom is -0.393 e. The van der Waals surface area contributed by atoms with Crippen molar-refractivity contribution in [3.05, 3.63) is 11.6 Å². The fourth-order valence-corrected chi connectivity index (χ4v) is 9.52. The zero-order chi connectivity index (χ0) is 22.6. The van der Waals surface area contributed by atoms with Gasteiger partial charge in [-0.2, -0.15) is 0 Å². The summed E-state index contributed by atoms with van der Waals surface area (Å²) in [6.45, 7) is 17.8. The number of aliphatic hydroxyl groups is 1. The Morgan fingerprint density at radius 3 is 2.42 bits per heavy atom. The molecular weight excluding hydrogens is 376 g/mol. The van der Waals surface area contributed by atoms with Gasteiger partial charge in [0.2, 0.25) is 0 Å². The van der Waals surface area contributed by atoms with Gasteiger partial charge < -0.3 is 5.11 Å². The standard InChI is InChI=1S/C30H52O/c1-8-22(20(2)3)10-9-21(4)25-14-17-30(7)27-12-11-23-19-24(31)13-16-28(23,5)26(27)15-18-29(25,30)6/h12,20-26,31H,8-11,13-19H2,1-7H3. The fraction of sp³-hybridized carbons (Fsp3) is 0.933. The fourth-order valence-electron chi connectivity index (χ4n) is 9.52. The van der Waals surface area contributed by atoms with E-state index in [2.05, 4.69) is 54.5 Å². The van der Waals surface area contributed by atoms with Crippen LogP contribution in [0.1, 0.15) is 119 Å². The number of hydrogen-bond donors (Lipinski definition) is 1. The van der Waals surface area contributed by atoms with E-state index < -0.39 is 0 Å². The maximum Gasteiger partial charge on any atom is 0.0543 e. The number of allylic oxidation sites excluding steroid dienone is 2. The van der Waals surface area contributed by atoms with Crippen molar-refractivity contribution < 1.29 is 5.11 Å². The quantitative estimate of drug-likeness (QED) is 0.421. The van der Waals surface area contributed by atoms with E-state index in [0.29, 0.717) is 22.2 Å². The number of aliphatic hydroxyl groups excluding tert-OH is 1. The molecule has 4 rings (SSSR count). The lowest BCUT2D eigenvalue weighted by molar-refractivity contribution is -0.0630. The van der Waals surface area contributed by atoms with E-state index >= 15 is 0 Å². The molecule has 3 saturated carbocycles. The topological polar surface area (TPSA) is 20.2 Å². The maximum absolute atomic E-state index is 10.3. The first-order chi connectivity index (χ1) is 14.6. The van der Waals surface area contributed by atoms with Gasteiger partial charge in [-0.05, 0) is 110 Å². The number of fused-ring (bicyclic) bond motifs is 5. The first kappa shape index (κ1) is 23.8. The third-order valence-electron chi connectivity index (χ3n) is 12.1. The highest BCUT2D eigenvalue weighted by Gasteiger charge is 2.63. The van der Waals surface area contributed by atoms with Crippen molar-refractivity contribution in [1.82, 2.24) is 0 Å². The van der Waals surface area contributed by atoms with Crippen molar-refractivity contribution in [3.8, 4) is 0 Å². The van der Waals surface area contributed by atoms with E-state index in [1.165, 1.54) is 57.8 Å². The summed E-state index contributed by atoms with van der Waals surface area (Å²) in [5, 5.41) is 10.3. The predicted molar refractivity (Wildman–Crippen MR) is 133 cm³/mol. The second kappa shape index (κ2) is 8.48. The van der Waals surface area contributed by atoms with Gasteiger partial charge in [-0.1, -0.05) is 73.0 Å². The van der Waals surface area contributed by atoms with Crippen molar-refractivity contribution in [2.45, 2.75) is 125 Å². The van der Waals surface area contributed by atoms with E-state index in [-0.39, 0.29) is 6.10 Å². The SMILES string of the molecule is CCC(CCC(C)C1CCC2(C)C3=CCC4CC(O)CCC4(C)C3CCC12C)C(C)C. The van der Waals surface area contributed by atoms with Crippen molar-refractivity contribution in [1.29, 1.82) is 0 Å². The molecule has 0 bridgehead atoms. The van der Waals surface area contributed by atoms with Crippen molar-refractivity contribution in [2.24, 2.45) is 51.8 Å². The van der Waals surface area contributed by atoms with E-state index in [4.69, 9.17) is 0 Å². The van der Waals surface area contributed by atoms with Crippen LogP contribution in [0.2, 0.25) is 0 Å². The van der Waals surface area contributed by atoms with Crippen LogP contribution in [0.3, 0.4) is 0 Å². The Kier molecular flexibility index (Phi) is 6.53. The molecule has 1 N–H and O–H groups in total. The highest BCUT2D eigenvalue weighted by molar-refractivity contribution is 5.32. The Hall–Kier alpha value is -0.300. The Morgan fingerprint density at radius 1 is 1.00 bits per heavy atom. The van der Waals surface area contributed by atoms with Gasteiger partial charge in [-0.25, -0.2) is 0 Å². The van der Waals surface area contributed by atoms with E-state index in [9.17, 15) is 5.11 Å². The van der Waals surface area contributed by atoms with Crippen LogP contribution < -0.4 is 0 Å². The Bertz CT molecular complexity index is 678. The Morgan fingerprint density at radius 2 is 1.74 bits per heavy atom. The first-order valence-electron chi connectivity index (χ1n) is 14.0. The van der Waals surface area contributed by atoms with Gasteiger partial charge in [-0.3, -0.25) is 0 Å². The molecule has 3 fully saturated rings. The van der Waals surface area contributed by atoms with Crippen LogP contribution in [0.15, 0.2) is 11.6 Å². The molecule has 0 amide bonds. The predicted octanol–water partition coefficient (Wildman–Crippen LogP) is 8.41. The molecule has 0 spiro atoms. The van der Waals surface area contributed by atoms with Crippen LogP contribution in [-0.4, -0.2) is 11.2 Å². The lowest BCUT2D eigenvalue weighted by Crippen LogP contribution is -2.53. The highest BCUT2D eigenvalue weighted by Crippen LogP contribution is 2.72. The summed E-state index contributed by atoms with van der Waals surface area (Å²) in [5.41, 5.74) is 3.18. The van der Waals surface area contributed by atoms with Crippen LogP contribution in [-0.2, 0) is 0 Å². The highest BCUT2D eigenvalue weighted by atomic mass is 16.3. The van der Waals surface area contributed by atoms with E-state index in [1.54, 1.807) is 0 Å². The monoisotopic (exact) mass is 428 g/mol. The molecule has 9 unspecified atom stereocenters. The minimum absolute atomic E-state index is 0.0491. The molecule has 0 heterocycles. The molecule has 0 aliphatic heterocycles. The summed E-state index contributed by atoms with van der Waals surface area (Å²) in [6.07, 6.45) is 17.0. The van der Waals surface area contributed by atoms with Crippen LogP contribution in [0.5, 0.6) is 0 Å². The molecule has 9 atom stereocenters. The van der Waals surface area contributed by atoms with Gasteiger partial charge in [0, 0.05) is 0 Å². The summed E-state index contributed by atoms with van der Waals surface area (Å²) in [7, 11) is 0. The molecule has 0 aromatic heterocycles. The summed E-state index contributed by atoms with van der Waals surface area (Å²) < 4.78 is 0. The molecule has 1 nitrogen and oxygen atoms in total. The van der Waals surface area contributed by atoms with Gasteiger partial charge in [-0.15, -0.1) is 0 Å². The Balaban J connectivity index is 1.54. The summed E-state index contributed by atoms with van der Waals surface area (Å²) in [6, 6.07) is 0. The molecular formula is C30H52O. The zero-order valence-electron chi connectivity index (χ0n) is 21.8. The van der Waals surface area contributed by atoms with Gasteiger partial charge >= 0.3 is 0 Å². The minimum atomic E-state index is -0.0491. The van der Waals surface area contributed by atoms with Gasteiger partial charge in [0.05, 0.1) is 6.10 Å². The van der Waals surface area contributed by atoms with E-state index in [1.807, 2.05) is 5.57 Å². The average Bonchev–Trinajstić information content (AvgIpc) is 3.00. The third-order valence-corrected chi connectivity index (χ3v) is 12.1. The van der Waals surface area contributed by atoms with Crippen molar-refractivity contribution >= 4 is 0 Å². The Labute approximate surface area is 193 Å². The molecule has 0 saturated heterocycles. The van der Waals surface area contributed by atoms with E-state index in [0.717, 1.165) is 42.4 Å². The molecule has 0 aromatic rings. The normalized spacial score (nSPS) is 46.7. The molecule has 0 radical (unpaired) electrons. The summed E-state index contributed by atoms with van der Waals surface area (Å²) in [5.74, 6) is 4.95. The van der Waals surface area contributed by atoms with Crippen molar-refractivity contribution in [2.75, 3.05) is 0 Å². The second-order valence-corrected chi connectivity index (χ2v) is 13.5. The van der Waals surface area contributed by atoms with Crippen LogP contribution in [0, 0.1) is 51.8 Å². The number of hydrogen-bond acceptors (Lipinski definition) is 1. The van der Waals surface area contributed by atoms with Crippen LogP contribution >= 0.6 is 0 Å². The summed E-state index contributed by atoms with van der Waals surface area (Å²) in [4.78, 5) is 0. The molecule has 0 aromatic carbocycles. The average molecular weight is 429 g/mol. The molecule has 4 aliphatic rings. The lowest BCUT2D eigenvalue weighted by atomic mass is 9.43. The molecule has 4 aliphatic carbocycles. The number of rotatable bonds is 6. The zero-order valence-corrected chi connectivity index (χ0v) is 21.8.